The quantitative estimate of drug-likeness (QED) is 0.668. The van der Waals surface area contributed by atoms with Crippen molar-refractivity contribution in [3.63, 3.8) is 0 Å². The van der Waals surface area contributed by atoms with E-state index in [2.05, 4.69) is 10.0 Å². The number of hydrogen-bond acceptors (Lipinski definition) is 4. The Morgan fingerprint density at radius 3 is 2.67 bits per heavy atom. The molecular formula is C13H23N3O4S. The van der Waals surface area contributed by atoms with Crippen molar-refractivity contribution in [3.05, 3.63) is 24.2 Å². The molecule has 1 aromatic rings. The van der Waals surface area contributed by atoms with Crippen molar-refractivity contribution in [2.24, 2.45) is 0 Å². The molecule has 120 valence electrons. The molecule has 0 unspecified atom stereocenters. The second kappa shape index (κ2) is 8.68. The molecule has 0 fully saturated rings. The Kier molecular flexibility index (Phi) is 7.24. The van der Waals surface area contributed by atoms with Crippen molar-refractivity contribution in [1.82, 2.24) is 14.9 Å². The molecule has 1 rings (SSSR count). The molecule has 0 radical (unpaired) electrons. The lowest BCUT2D eigenvalue weighted by atomic mass is 10.3. The van der Waals surface area contributed by atoms with Crippen LogP contribution in [-0.4, -0.2) is 44.7 Å². The maximum Gasteiger partial charge on any atom is 0.317 e. The van der Waals surface area contributed by atoms with Crippen LogP contribution in [0.4, 0.5) is 4.79 Å². The third-order valence-corrected chi connectivity index (χ3v) is 4.36. The first-order valence-corrected chi connectivity index (χ1v) is 8.65. The minimum Gasteiger partial charge on any atom is -0.472 e. The molecule has 7 nitrogen and oxygen atoms in total. The largest absolute Gasteiger partial charge is 0.472 e. The molecule has 0 aliphatic heterocycles. The number of carbonyl (C=O) groups excluding carboxylic acids is 1. The van der Waals surface area contributed by atoms with Gasteiger partial charge in [0.05, 0.1) is 24.8 Å². The molecule has 0 aliphatic carbocycles. The van der Waals surface area contributed by atoms with Crippen molar-refractivity contribution in [1.29, 1.82) is 0 Å². The van der Waals surface area contributed by atoms with Gasteiger partial charge in [-0.3, -0.25) is 0 Å². The number of furan rings is 1. The fourth-order valence-electron chi connectivity index (χ4n) is 1.66. The molecule has 1 heterocycles. The van der Waals surface area contributed by atoms with E-state index in [9.17, 15) is 13.2 Å². The van der Waals surface area contributed by atoms with Gasteiger partial charge in [0, 0.05) is 25.2 Å². The highest BCUT2D eigenvalue weighted by Gasteiger charge is 2.12. The van der Waals surface area contributed by atoms with Gasteiger partial charge in [0.1, 0.15) is 0 Å². The van der Waals surface area contributed by atoms with Gasteiger partial charge < -0.3 is 14.6 Å². The van der Waals surface area contributed by atoms with Crippen molar-refractivity contribution in [2.75, 3.05) is 25.4 Å². The molecule has 0 spiro atoms. The second-order valence-electron chi connectivity index (χ2n) is 4.53. The summed E-state index contributed by atoms with van der Waals surface area (Å²) in [6, 6.07) is 1.65. The normalized spacial score (nSPS) is 11.3. The van der Waals surface area contributed by atoms with E-state index in [4.69, 9.17) is 4.42 Å². The number of urea groups is 1. The zero-order valence-corrected chi connectivity index (χ0v) is 13.3. The molecule has 0 saturated carbocycles. The zero-order chi connectivity index (χ0) is 15.7. The van der Waals surface area contributed by atoms with Crippen LogP contribution in [0, 0.1) is 0 Å². The van der Waals surface area contributed by atoms with Crippen LogP contribution in [0.25, 0.3) is 0 Å². The van der Waals surface area contributed by atoms with Crippen LogP contribution in [0.15, 0.2) is 23.0 Å². The van der Waals surface area contributed by atoms with Gasteiger partial charge in [-0.25, -0.2) is 17.9 Å². The van der Waals surface area contributed by atoms with Gasteiger partial charge in [0.2, 0.25) is 10.0 Å². The summed E-state index contributed by atoms with van der Waals surface area (Å²) in [5.41, 5.74) is 0.933. The average Bonchev–Trinajstić information content (AvgIpc) is 2.97. The monoisotopic (exact) mass is 317 g/mol. The molecule has 0 atom stereocenters. The predicted molar refractivity (Wildman–Crippen MR) is 80.3 cm³/mol. The lowest BCUT2D eigenvalue weighted by Crippen LogP contribution is -2.40. The van der Waals surface area contributed by atoms with Gasteiger partial charge in [0.15, 0.2) is 0 Å². The molecule has 1 aromatic heterocycles. The van der Waals surface area contributed by atoms with Crippen molar-refractivity contribution in [2.45, 2.75) is 26.8 Å². The Morgan fingerprint density at radius 2 is 2.10 bits per heavy atom. The third kappa shape index (κ3) is 6.63. The number of sulfonamides is 1. The molecule has 21 heavy (non-hydrogen) atoms. The first kappa shape index (κ1) is 17.5. The number of carbonyl (C=O) groups is 1. The van der Waals surface area contributed by atoms with Crippen LogP contribution in [0.2, 0.25) is 0 Å². The first-order valence-electron chi connectivity index (χ1n) is 6.99. The Bertz CT molecular complexity index is 514. The number of amides is 2. The highest BCUT2D eigenvalue weighted by Crippen LogP contribution is 2.05. The summed E-state index contributed by atoms with van der Waals surface area (Å²) in [5, 5.41) is 2.77. The summed E-state index contributed by atoms with van der Waals surface area (Å²) >= 11 is 0. The standard InChI is InChI=1S/C13H23N3O4S/c1-3-16(10-12-6-9-20-11-12)13(17)14-7-5-8-15-21(18,19)4-2/h6,9,11,15H,3-5,7-8,10H2,1-2H3,(H,14,17). The Labute approximate surface area is 125 Å². The third-order valence-electron chi connectivity index (χ3n) is 2.95. The summed E-state index contributed by atoms with van der Waals surface area (Å²) in [6.45, 7) is 5.30. The van der Waals surface area contributed by atoms with Crippen LogP contribution in [-0.2, 0) is 16.6 Å². The van der Waals surface area contributed by atoms with Gasteiger partial charge in [-0.1, -0.05) is 0 Å². The first-order chi connectivity index (χ1) is 9.98. The van der Waals surface area contributed by atoms with Crippen LogP contribution < -0.4 is 10.0 Å². The maximum absolute atomic E-state index is 12.0. The maximum atomic E-state index is 12.0. The van der Waals surface area contributed by atoms with Gasteiger partial charge in [0.25, 0.3) is 0 Å². The fraction of sp³-hybridized carbons (Fsp3) is 0.615. The molecule has 0 aromatic carbocycles. The molecule has 0 bridgehead atoms. The Morgan fingerprint density at radius 1 is 1.33 bits per heavy atom. The zero-order valence-electron chi connectivity index (χ0n) is 12.5. The smallest absolute Gasteiger partial charge is 0.317 e. The number of hydrogen-bond donors (Lipinski definition) is 2. The van der Waals surface area contributed by atoms with E-state index in [-0.39, 0.29) is 11.8 Å². The minimum atomic E-state index is -3.16. The SMILES string of the molecule is CCN(Cc1ccoc1)C(=O)NCCCNS(=O)(=O)CC. The summed E-state index contributed by atoms with van der Waals surface area (Å²) < 4.78 is 29.9. The summed E-state index contributed by atoms with van der Waals surface area (Å²) in [7, 11) is -3.16. The minimum absolute atomic E-state index is 0.0632. The molecule has 2 amide bonds. The van der Waals surface area contributed by atoms with E-state index in [0.29, 0.717) is 32.6 Å². The van der Waals surface area contributed by atoms with Crippen LogP contribution in [0.3, 0.4) is 0 Å². The number of nitrogens with zero attached hydrogens (tertiary/aromatic N) is 1. The Hall–Kier alpha value is -1.54. The second-order valence-corrected chi connectivity index (χ2v) is 6.62. The van der Waals surface area contributed by atoms with Crippen LogP contribution >= 0.6 is 0 Å². The van der Waals surface area contributed by atoms with Crippen LogP contribution in [0.5, 0.6) is 0 Å². The summed E-state index contributed by atoms with van der Waals surface area (Å²) in [5.74, 6) is 0.0632. The van der Waals surface area contributed by atoms with Crippen molar-refractivity contribution < 1.29 is 17.6 Å². The van der Waals surface area contributed by atoms with Crippen LogP contribution in [0.1, 0.15) is 25.8 Å². The van der Waals surface area contributed by atoms with E-state index >= 15 is 0 Å². The number of rotatable bonds is 9. The van der Waals surface area contributed by atoms with Gasteiger partial charge in [-0.15, -0.1) is 0 Å². The van der Waals surface area contributed by atoms with E-state index in [1.54, 1.807) is 24.3 Å². The van der Waals surface area contributed by atoms with E-state index in [1.165, 1.54) is 0 Å². The molecule has 0 saturated heterocycles. The summed E-state index contributed by atoms with van der Waals surface area (Å²) in [6.07, 6.45) is 3.73. The molecule has 8 heteroatoms. The molecular weight excluding hydrogens is 294 g/mol. The fourth-order valence-corrected chi connectivity index (χ4v) is 2.31. The van der Waals surface area contributed by atoms with Gasteiger partial charge in [-0.05, 0) is 26.3 Å². The van der Waals surface area contributed by atoms with E-state index in [0.717, 1.165) is 5.56 Å². The van der Waals surface area contributed by atoms with Crippen molar-refractivity contribution >= 4 is 16.1 Å². The average molecular weight is 317 g/mol. The highest BCUT2D eigenvalue weighted by molar-refractivity contribution is 7.89. The van der Waals surface area contributed by atoms with Crippen molar-refractivity contribution in [3.8, 4) is 0 Å². The lowest BCUT2D eigenvalue weighted by Gasteiger charge is -2.20. The van der Waals surface area contributed by atoms with Gasteiger partial charge in [-0.2, -0.15) is 0 Å². The molecule has 0 aliphatic rings. The molecule has 2 N–H and O–H groups in total. The van der Waals surface area contributed by atoms with Gasteiger partial charge >= 0.3 is 6.03 Å². The Balaban J connectivity index is 2.25. The van der Waals surface area contributed by atoms with E-state index < -0.39 is 10.0 Å². The topological polar surface area (TPSA) is 91.7 Å². The van der Waals surface area contributed by atoms with E-state index in [1.807, 2.05) is 13.0 Å². The predicted octanol–water partition coefficient (Wildman–Crippen LogP) is 1.14. The highest BCUT2D eigenvalue weighted by atomic mass is 32.2. The summed E-state index contributed by atoms with van der Waals surface area (Å²) in [4.78, 5) is 13.6. The number of nitrogens with one attached hydrogen (secondary N) is 2. The lowest BCUT2D eigenvalue weighted by molar-refractivity contribution is 0.198.